The van der Waals surface area contributed by atoms with Gasteiger partial charge in [0.15, 0.2) is 0 Å². The van der Waals surface area contributed by atoms with Gasteiger partial charge in [-0.3, -0.25) is 4.79 Å². The minimum Gasteiger partial charge on any atom is -0.508 e. The molecule has 3 aromatic rings. The Hall–Kier alpha value is -2.90. The first kappa shape index (κ1) is 22.9. The number of hydrogen-bond acceptors (Lipinski definition) is 5. The summed E-state index contributed by atoms with van der Waals surface area (Å²) in [6, 6.07) is 7.22. The summed E-state index contributed by atoms with van der Waals surface area (Å²) in [5, 5.41) is 23.9. The summed E-state index contributed by atoms with van der Waals surface area (Å²) in [5.41, 5.74) is 2.83. The van der Waals surface area contributed by atoms with Crippen LogP contribution in [-0.2, 0) is 23.5 Å². The van der Waals surface area contributed by atoms with E-state index >= 15 is 0 Å². The highest BCUT2D eigenvalue weighted by Gasteiger charge is 2.44. The quantitative estimate of drug-likeness (QED) is 0.417. The second-order valence-corrected chi connectivity index (χ2v) is 16.4. The Morgan fingerprint density at radius 1 is 1.24 bits per heavy atom. The first-order valence-electron chi connectivity index (χ1n) is 11.8. The Morgan fingerprint density at radius 3 is 2.59 bits per heavy atom. The van der Waals surface area contributed by atoms with Gasteiger partial charge in [0.2, 0.25) is 0 Å². The number of rotatable bonds is 2. The van der Waals surface area contributed by atoms with E-state index in [1.165, 1.54) is 5.19 Å². The molecule has 178 valence electrons. The molecule has 0 unspecified atom stereocenters. The van der Waals surface area contributed by atoms with Crippen LogP contribution < -0.4 is 10.7 Å². The lowest BCUT2D eigenvalue weighted by atomic mass is 9.84. The SMILES string of the molecule is C=C1OCc2c(cc3n(c2=O)Cc2c-3nc3ccc(O)cc3c2[Si](C)(C)C(C)(C)C)[C@@]1(O)CC. The number of phenolic OH excluding ortho intramolecular Hbond substituents is 1. The lowest BCUT2D eigenvalue weighted by molar-refractivity contribution is -0.0172. The van der Waals surface area contributed by atoms with Gasteiger partial charge in [-0.1, -0.05) is 47.4 Å². The van der Waals surface area contributed by atoms with Crippen molar-refractivity contribution in [1.29, 1.82) is 0 Å². The summed E-state index contributed by atoms with van der Waals surface area (Å²) < 4.78 is 7.40. The van der Waals surface area contributed by atoms with Gasteiger partial charge in [-0.2, -0.15) is 0 Å². The van der Waals surface area contributed by atoms with Crippen LogP contribution >= 0.6 is 0 Å². The second-order valence-electron chi connectivity index (χ2n) is 11.1. The molecule has 0 saturated heterocycles. The van der Waals surface area contributed by atoms with Crippen molar-refractivity contribution in [3.63, 3.8) is 0 Å². The standard InChI is InChI=1S/C27H32N2O4Si/c1-8-27(32)15(2)33-14-19-20(27)12-22-23-18(13-29(22)25(19)31)24(34(6,7)26(3,4)5)17-11-16(30)9-10-21(17)28-23/h9-12,30,32H,2,8,13-14H2,1,3-7H3/t27-/m1/s1. The van der Waals surface area contributed by atoms with Gasteiger partial charge in [0, 0.05) is 10.9 Å². The molecule has 1 atom stereocenters. The van der Waals surface area contributed by atoms with Gasteiger partial charge in [0.1, 0.15) is 23.7 Å². The zero-order valence-corrected chi connectivity index (χ0v) is 21.7. The molecular weight excluding hydrogens is 444 g/mol. The lowest BCUT2D eigenvalue weighted by Gasteiger charge is -2.39. The highest BCUT2D eigenvalue weighted by atomic mass is 28.3. The molecule has 4 heterocycles. The van der Waals surface area contributed by atoms with Crippen LogP contribution in [0.3, 0.4) is 0 Å². The third-order valence-corrected chi connectivity index (χ3v) is 13.9. The molecule has 5 rings (SSSR count). The first-order valence-corrected chi connectivity index (χ1v) is 14.8. The van der Waals surface area contributed by atoms with E-state index in [0.717, 1.165) is 27.9 Å². The van der Waals surface area contributed by atoms with Crippen LogP contribution in [-0.4, -0.2) is 27.8 Å². The van der Waals surface area contributed by atoms with E-state index in [0.29, 0.717) is 24.1 Å². The summed E-state index contributed by atoms with van der Waals surface area (Å²) in [6.45, 7) is 17.8. The molecule has 0 saturated carbocycles. The van der Waals surface area contributed by atoms with Crippen molar-refractivity contribution in [3.8, 4) is 17.1 Å². The summed E-state index contributed by atoms with van der Waals surface area (Å²) >= 11 is 0. The minimum absolute atomic E-state index is 0.0353. The van der Waals surface area contributed by atoms with Crippen molar-refractivity contribution in [1.82, 2.24) is 9.55 Å². The summed E-state index contributed by atoms with van der Waals surface area (Å²) in [5.74, 6) is 0.481. The number of nitrogens with zero attached hydrogens (tertiary/aromatic N) is 2. The van der Waals surface area contributed by atoms with Gasteiger partial charge in [-0.15, -0.1) is 0 Å². The number of aromatic hydroxyl groups is 1. The highest BCUT2D eigenvalue weighted by molar-refractivity contribution is 6.94. The van der Waals surface area contributed by atoms with Gasteiger partial charge in [0.05, 0.1) is 37.1 Å². The molecule has 0 bridgehead atoms. The van der Waals surface area contributed by atoms with Crippen molar-refractivity contribution in [2.75, 3.05) is 0 Å². The molecule has 0 spiro atoms. The van der Waals surface area contributed by atoms with Gasteiger partial charge in [0.25, 0.3) is 5.56 Å². The van der Waals surface area contributed by atoms with Gasteiger partial charge >= 0.3 is 0 Å². The van der Waals surface area contributed by atoms with E-state index in [2.05, 4.69) is 40.4 Å². The van der Waals surface area contributed by atoms with E-state index in [4.69, 9.17) is 9.72 Å². The molecule has 2 aliphatic heterocycles. The number of phenols is 1. The monoisotopic (exact) mass is 476 g/mol. The zero-order chi connectivity index (χ0) is 24.8. The molecule has 2 N–H and O–H groups in total. The number of hydrogen-bond donors (Lipinski definition) is 2. The molecule has 0 radical (unpaired) electrons. The largest absolute Gasteiger partial charge is 0.508 e. The van der Waals surface area contributed by atoms with Crippen LogP contribution in [0.1, 0.15) is 50.8 Å². The Balaban J connectivity index is 1.88. The average molecular weight is 477 g/mol. The Morgan fingerprint density at radius 2 is 1.94 bits per heavy atom. The number of benzene rings is 1. The third-order valence-electron chi connectivity index (χ3n) is 8.34. The topological polar surface area (TPSA) is 84.6 Å². The molecule has 0 amide bonds. The average Bonchev–Trinajstić information content (AvgIpc) is 3.12. The number of aliphatic hydroxyl groups is 1. The van der Waals surface area contributed by atoms with Crippen molar-refractivity contribution in [3.05, 3.63) is 63.6 Å². The van der Waals surface area contributed by atoms with E-state index < -0.39 is 13.7 Å². The van der Waals surface area contributed by atoms with E-state index in [1.807, 2.05) is 25.1 Å². The van der Waals surface area contributed by atoms with Crippen LogP contribution in [0.25, 0.3) is 22.3 Å². The van der Waals surface area contributed by atoms with Gasteiger partial charge in [-0.25, -0.2) is 4.98 Å². The summed E-state index contributed by atoms with van der Waals surface area (Å²) in [7, 11) is -2.11. The van der Waals surface area contributed by atoms with Crippen molar-refractivity contribution in [2.45, 2.75) is 71.0 Å². The molecule has 2 aliphatic rings. The number of aromatic nitrogens is 2. The maximum atomic E-state index is 13.7. The van der Waals surface area contributed by atoms with Crippen LogP contribution in [0.4, 0.5) is 0 Å². The van der Waals surface area contributed by atoms with Gasteiger partial charge in [-0.05, 0) is 46.5 Å². The molecule has 7 heteroatoms. The van der Waals surface area contributed by atoms with Crippen LogP contribution in [0, 0.1) is 0 Å². The summed E-state index contributed by atoms with van der Waals surface area (Å²) in [6.07, 6.45) is 0.355. The van der Waals surface area contributed by atoms with Crippen molar-refractivity contribution < 1.29 is 14.9 Å². The van der Waals surface area contributed by atoms with E-state index in [-0.39, 0.29) is 28.7 Å². The van der Waals surface area contributed by atoms with Crippen LogP contribution in [0.5, 0.6) is 5.75 Å². The second kappa shape index (κ2) is 7.06. The lowest BCUT2D eigenvalue weighted by Crippen LogP contribution is -2.51. The van der Waals surface area contributed by atoms with Crippen LogP contribution in [0.2, 0.25) is 18.1 Å². The molecule has 2 aromatic heterocycles. The summed E-state index contributed by atoms with van der Waals surface area (Å²) in [4.78, 5) is 18.7. The molecular formula is C27H32N2O4Si. The fourth-order valence-corrected chi connectivity index (χ4v) is 7.85. The molecule has 6 nitrogen and oxygen atoms in total. The van der Waals surface area contributed by atoms with Crippen molar-refractivity contribution in [2.24, 2.45) is 0 Å². The number of pyridine rings is 2. The molecule has 0 aliphatic carbocycles. The maximum Gasteiger partial charge on any atom is 0.258 e. The van der Waals surface area contributed by atoms with E-state index in [1.54, 1.807) is 10.6 Å². The minimum atomic E-state index is -2.11. The fourth-order valence-electron chi connectivity index (χ4n) is 5.27. The molecule has 1 aromatic carbocycles. The zero-order valence-electron chi connectivity index (χ0n) is 20.7. The Labute approximate surface area is 200 Å². The number of ether oxygens (including phenoxy) is 1. The fraction of sp³-hybridized carbons (Fsp3) is 0.407. The van der Waals surface area contributed by atoms with Gasteiger partial charge < -0.3 is 19.5 Å². The Bertz CT molecular complexity index is 1450. The Kier molecular flexibility index (Phi) is 4.75. The smallest absolute Gasteiger partial charge is 0.258 e. The first-order chi connectivity index (χ1) is 15.8. The van der Waals surface area contributed by atoms with E-state index in [9.17, 15) is 15.0 Å². The number of fused-ring (bicyclic) bond motifs is 5. The van der Waals surface area contributed by atoms with Crippen LogP contribution in [0.15, 0.2) is 41.4 Å². The molecule has 34 heavy (non-hydrogen) atoms. The molecule has 0 fully saturated rings. The maximum absolute atomic E-state index is 13.7. The highest BCUT2D eigenvalue weighted by Crippen LogP contribution is 2.44. The third kappa shape index (κ3) is 2.89. The van der Waals surface area contributed by atoms with Crippen molar-refractivity contribution >= 4 is 24.2 Å². The predicted molar refractivity (Wildman–Crippen MR) is 137 cm³/mol. The normalized spacial score (nSPS) is 19.6. The predicted octanol–water partition coefficient (Wildman–Crippen LogP) is 4.49.